The summed E-state index contributed by atoms with van der Waals surface area (Å²) in [6, 6.07) is 7.41. The number of nitrogens with zero attached hydrogens (tertiary/aromatic N) is 1. The summed E-state index contributed by atoms with van der Waals surface area (Å²) in [4.78, 5) is 2.18. The maximum Gasteiger partial charge on any atom is 0.125 e. The van der Waals surface area contributed by atoms with E-state index in [1.165, 1.54) is 18.9 Å². The fraction of sp³-hybridized carbons (Fsp3) is 0.647. The smallest absolute Gasteiger partial charge is 0.125 e. The molecule has 1 aromatic rings. The third-order valence-electron chi connectivity index (χ3n) is 4.65. The van der Waals surface area contributed by atoms with E-state index < -0.39 is 0 Å². The SMILES string of the molecule is CCNC1C(CN(C)c2cccc(F)c2)CCC1(C)C. The minimum Gasteiger partial charge on any atom is -0.374 e. The summed E-state index contributed by atoms with van der Waals surface area (Å²) in [6.45, 7) is 8.85. The van der Waals surface area contributed by atoms with Gasteiger partial charge >= 0.3 is 0 Å². The number of hydrogen-bond donors (Lipinski definition) is 1. The first-order valence-electron chi connectivity index (χ1n) is 7.64. The molecular weight excluding hydrogens is 251 g/mol. The van der Waals surface area contributed by atoms with Crippen LogP contribution in [0, 0.1) is 17.2 Å². The molecule has 1 fully saturated rings. The molecule has 1 aliphatic carbocycles. The van der Waals surface area contributed by atoms with E-state index in [9.17, 15) is 4.39 Å². The fourth-order valence-corrected chi connectivity index (χ4v) is 3.55. The minimum absolute atomic E-state index is 0.163. The molecule has 20 heavy (non-hydrogen) atoms. The maximum atomic E-state index is 13.3. The molecule has 0 spiro atoms. The molecule has 0 aliphatic heterocycles. The molecule has 3 heteroatoms. The number of anilines is 1. The summed E-state index contributed by atoms with van der Waals surface area (Å²) in [5.41, 5.74) is 1.31. The summed E-state index contributed by atoms with van der Waals surface area (Å²) in [6.07, 6.45) is 2.50. The first kappa shape index (κ1) is 15.3. The molecule has 0 radical (unpaired) electrons. The summed E-state index contributed by atoms with van der Waals surface area (Å²) in [5, 5.41) is 3.65. The number of nitrogens with one attached hydrogen (secondary N) is 1. The highest BCUT2D eigenvalue weighted by Gasteiger charge is 2.41. The zero-order valence-corrected chi connectivity index (χ0v) is 13.1. The summed E-state index contributed by atoms with van der Waals surface area (Å²) >= 11 is 0. The Morgan fingerprint density at radius 1 is 1.40 bits per heavy atom. The van der Waals surface area contributed by atoms with Crippen LogP contribution in [-0.2, 0) is 0 Å². The van der Waals surface area contributed by atoms with Crippen LogP contribution >= 0.6 is 0 Å². The normalized spacial score (nSPS) is 24.9. The van der Waals surface area contributed by atoms with Gasteiger partial charge in [0.25, 0.3) is 0 Å². The minimum atomic E-state index is -0.163. The van der Waals surface area contributed by atoms with Crippen LogP contribution in [0.15, 0.2) is 24.3 Å². The first-order chi connectivity index (χ1) is 9.44. The van der Waals surface area contributed by atoms with Crippen molar-refractivity contribution < 1.29 is 4.39 Å². The van der Waals surface area contributed by atoms with Crippen molar-refractivity contribution in [2.75, 3.05) is 25.0 Å². The average molecular weight is 278 g/mol. The van der Waals surface area contributed by atoms with Crippen molar-refractivity contribution in [1.82, 2.24) is 5.32 Å². The first-order valence-corrected chi connectivity index (χ1v) is 7.64. The van der Waals surface area contributed by atoms with E-state index in [-0.39, 0.29) is 5.82 Å². The van der Waals surface area contributed by atoms with Gasteiger partial charge in [-0.15, -0.1) is 0 Å². The highest BCUT2D eigenvalue weighted by molar-refractivity contribution is 5.45. The van der Waals surface area contributed by atoms with Gasteiger partial charge in [0.1, 0.15) is 5.82 Å². The monoisotopic (exact) mass is 278 g/mol. The van der Waals surface area contributed by atoms with Gasteiger partial charge in [-0.25, -0.2) is 4.39 Å². The molecule has 2 unspecified atom stereocenters. The molecule has 1 aromatic carbocycles. The second-order valence-corrected chi connectivity index (χ2v) is 6.68. The van der Waals surface area contributed by atoms with Gasteiger partial charge in [-0.1, -0.05) is 26.8 Å². The van der Waals surface area contributed by atoms with Gasteiger partial charge in [0.15, 0.2) is 0 Å². The Balaban J connectivity index is 2.05. The largest absolute Gasteiger partial charge is 0.374 e. The predicted molar refractivity (Wildman–Crippen MR) is 83.6 cm³/mol. The lowest BCUT2D eigenvalue weighted by Gasteiger charge is -2.34. The van der Waals surface area contributed by atoms with Crippen LogP contribution in [0.1, 0.15) is 33.6 Å². The molecule has 2 nitrogen and oxygen atoms in total. The lowest BCUT2D eigenvalue weighted by atomic mass is 9.84. The molecule has 1 aliphatic rings. The standard InChI is InChI=1S/C17H27FN2/c1-5-19-16-13(9-10-17(16,2)3)12-20(4)15-8-6-7-14(18)11-15/h6-8,11,13,16,19H,5,9-10,12H2,1-4H3. The maximum absolute atomic E-state index is 13.3. The van der Waals surface area contributed by atoms with Gasteiger partial charge in [-0.3, -0.25) is 0 Å². The van der Waals surface area contributed by atoms with Crippen LogP contribution in [0.3, 0.4) is 0 Å². The van der Waals surface area contributed by atoms with Gasteiger partial charge in [0.2, 0.25) is 0 Å². The van der Waals surface area contributed by atoms with E-state index in [0.717, 1.165) is 18.8 Å². The molecule has 0 heterocycles. The number of benzene rings is 1. The molecule has 0 bridgehead atoms. The molecule has 0 saturated heterocycles. The Morgan fingerprint density at radius 2 is 2.15 bits per heavy atom. The Bertz CT molecular complexity index is 444. The Hall–Kier alpha value is -1.09. The van der Waals surface area contributed by atoms with Crippen LogP contribution in [0.25, 0.3) is 0 Å². The van der Waals surface area contributed by atoms with Crippen molar-refractivity contribution in [2.24, 2.45) is 11.3 Å². The van der Waals surface area contributed by atoms with Gasteiger partial charge in [-0.2, -0.15) is 0 Å². The molecule has 0 amide bonds. The van der Waals surface area contributed by atoms with E-state index >= 15 is 0 Å². The predicted octanol–water partition coefficient (Wildman–Crippen LogP) is 3.68. The molecular formula is C17H27FN2. The molecule has 0 aromatic heterocycles. The van der Waals surface area contributed by atoms with Crippen molar-refractivity contribution >= 4 is 5.69 Å². The number of rotatable bonds is 5. The molecule has 112 valence electrons. The second kappa shape index (κ2) is 6.13. The lowest BCUT2D eigenvalue weighted by molar-refractivity contribution is 0.253. The van der Waals surface area contributed by atoms with Crippen molar-refractivity contribution in [3.05, 3.63) is 30.1 Å². The Kier molecular flexibility index (Phi) is 4.69. The third-order valence-corrected chi connectivity index (χ3v) is 4.65. The van der Waals surface area contributed by atoms with Crippen molar-refractivity contribution in [3.8, 4) is 0 Å². The third kappa shape index (κ3) is 3.32. The van der Waals surface area contributed by atoms with Crippen LogP contribution in [0.5, 0.6) is 0 Å². The molecule has 1 saturated carbocycles. The highest BCUT2D eigenvalue weighted by atomic mass is 19.1. The lowest BCUT2D eigenvalue weighted by Crippen LogP contribution is -2.45. The van der Waals surface area contributed by atoms with Crippen molar-refractivity contribution in [3.63, 3.8) is 0 Å². The van der Waals surface area contributed by atoms with E-state index in [1.54, 1.807) is 12.1 Å². The van der Waals surface area contributed by atoms with Gasteiger partial charge in [0.05, 0.1) is 0 Å². The Morgan fingerprint density at radius 3 is 2.80 bits per heavy atom. The van der Waals surface area contributed by atoms with Crippen LogP contribution in [-0.4, -0.2) is 26.2 Å². The second-order valence-electron chi connectivity index (χ2n) is 6.68. The van der Waals surface area contributed by atoms with Crippen LogP contribution in [0.2, 0.25) is 0 Å². The molecule has 2 atom stereocenters. The Labute approximate surface area is 122 Å². The zero-order chi connectivity index (χ0) is 14.8. The molecule has 1 N–H and O–H groups in total. The highest BCUT2D eigenvalue weighted by Crippen LogP contribution is 2.41. The van der Waals surface area contributed by atoms with E-state index in [1.807, 2.05) is 6.07 Å². The van der Waals surface area contributed by atoms with Gasteiger partial charge < -0.3 is 10.2 Å². The summed E-state index contributed by atoms with van der Waals surface area (Å²) < 4.78 is 13.3. The van der Waals surface area contributed by atoms with E-state index in [4.69, 9.17) is 0 Å². The van der Waals surface area contributed by atoms with Gasteiger partial charge in [-0.05, 0) is 48.9 Å². The van der Waals surface area contributed by atoms with Crippen LogP contribution < -0.4 is 10.2 Å². The van der Waals surface area contributed by atoms with Gasteiger partial charge in [0, 0.05) is 25.3 Å². The van der Waals surface area contributed by atoms with Crippen molar-refractivity contribution in [1.29, 1.82) is 0 Å². The summed E-state index contributed by atoms with van der Waals surface area (Å²) in [5.74, 6) is 0.461. The summed E-state index contributed by atoms with van der Waals surface area (Å²) in [7, 11) is 2.06. The number of halogens is 1. The topological polar surface area (TPSA) is 15.3 Å². The average Bonchev–Trinajstić information content (AvgIpc) is 2.67. The van der Waals surface area contributed by atoms with Crippen molar-refractivity contribution in [2.45, 2.75) is 39.7 Å². The molecule has 2 rings (SSSR count). The fourth-order valence-electron chi connectivity index (χ4n) is 3.55. The number of hydrogen-bond acceptors (Lipinski definition) is 2. The van der Waals surface area contributed by atoms with E-state index in [0.29, 0.717) is 17.4 Å². The van der Waals surface area contributed by atoms with Crippen LogP contribution in [0.4, 0.5) is 10.1 Å². The van der Waals surface area contributed by atoms with E-state index in [2.05, 4.69) is 38.0 Å². The quantitative estimate of drug-likeness (QED) is 0.884. The zero-order valence-electron chi connectivity index (χ0n) is 13.1.